The third kappa shape index (κ3) is 5.10. The van der Waals surface area contributed by atoms with Crippen molar-refractivity contribution in [1.82, 2.24) is 5.32 Å². The van der Waals surface area contributed by atoms with Crippen LogP contribution in [-0.2, 0) is 11.0 Å². The standard InChI is InChI=1S/C12H14BrF3N2O/c1-2-17-11(19)5-6-18-10-7-8(12(14,15)16)3-4-9(10)13/h3-4,7,18H,2,5-6H2,1H3,(H,17,19). The molecule has 7 heteroatoms. The van der Waals surface area contributed by atoms with E-state index in [4.69, 9.17) is 0 Å². The number of halogens is 4. The van der Waals surface area contributed by atoms with Crippen LogP contribution < -0.4 is 10.6 Å². The largest absolute Gasteiger partial charge is 0.416 e. The number of nitrogens with one attached hydrogen (secondary N) is 2. The van der Waals surface area contributed by atoms with E-state index in [2.05, 4.69) is 26.6 Å². The summed E-state index contributed by atoms with van der Waals surface area (Å²) < 4.78 is 38.2. The lowest BCUT2D eigenvalue weighted by Gasteiger charge is -2.12. The molecule has 0 aliphatic heterocycles. The molecule has 0 aliphatic rings. The molecule has 1 aromatic rings. The molecule has 0 saturated carbocycles. The molecule has 0 aliphatic carbocycles. The van der Waals surface area contributed by atoms with Crippen molar-refractivity contribution in [2.24, 2.45) is 0 Å². The van der Waals surface area contributed by atoms with Crippen molar-refractivity contribution in [2.45, 2.75) is 19.5 Å². The Morgan fingerprint density at radius 2 is 2.05 bits per heavy atom. The lowest BCUT2D eigenvalue weighted by Crippen LogP contribution is -2.24. The van der Waals surface area contributed by atoms with Crippen LogP contribution in [0, 0.1) is 0 Å². The van der Waals surface area contributed by atoms with E-state index >= 15 is 0 Å². The molecule has 1 aromatic carbocycles. The molecular formula is C12H14BrF3N2O. The molecule has 0 unspecified atom stereocenters. The van der Waals surface area contributed by atoms with Crippen LogP contribution in [0.2, 0.25) is 0 Å². The highest BCUT2D eigenvalue weighted by Gasteiger charge is 2.30. The molecule has 0 saturated heterocycles. The predicted molar refractivity (Wildman–Crippen MR) is 70.9 cm³/mol. The fraction of sp³-hybridized carbons (Fsp3) is 0.417. The molecule has 0 atom stereocenters. The Labute approximate surface area is 117 Å². The van der Waals surface area contributed by atoms with Crippen LogP contribution in [0.3, 0.4) is 0 Å². The van der Waals surface area contributed by atoms with E-state index in [-0.39, 0.29) is 18.9 Å². The van der Waals surface area contributed by atoms with E-state index < -0.39 is 11.7 Å². The molecule has 0 heterocycles. The van der Waals surface area contributed by atoms with Gasteiger partial charge in [-0.05, 0) is 41.1 Å². The molecule has 0 aromatic heterocycles. The van der Waals surface area contributed by atoms with Crippen molar-refractivity contribution >= 4 is 27.5 Å². The maximum atomic E-state index is 12.5. The quantitative estimate of drug-likeness (QED) is 0.863. The fourth-order valence-corrected chi connectivity index (χ4v) is 1.82. The summed E-state index contributed by atoms with van der Waals surface area (Å²) in [5, 5.41) is 5.42. The van der Waals surface area contributed by atoms with Gasteiger partial charge in [0.05, 0.1) is 5.56 Å². The van der Waals surface area contributed by atoms with Gasteiger partial charge in [0.25, 0.3) is 0 Å². The SMILES string of the molecule is CCNC(=O)CCNc1cc(C(F)(F)F)ccc1Br. The summed E-state index contributed by atoms with van der Waals surface area (Å²) in [5.74, 6) is -0.141. The van der Waals surface area contributed by atoms with Crippen molar-refractivity contribution in [2.75, 3.05) is 18.4 Å². The molecular weight excluding hydrogens is 325 g/mol. The summed E-state index contributed by atoms with van der Waals surface area (Å²) in [6.45, 7) is 2.60. The Bertz CT molecular complexity index is 449. The summed E-state index contributed by atoms with van der Waals surface area (Å²) in [7, 11) is 0. The maximum absolute atomic E-state index is 12.5. The van der Waals surface area contributed by atoms with Gasteiger partial charge in [-0.15, -0.1) is 0 Å². The molecule has 1 amide bonds. The molecule has 1 rings (SSSR count). The van der Waals surface area contributed by atoms with Gasteiger partial charge in [-0.3, -0.25) is 4.79 Å². The first-order valence-corrected chi connectivity index (χ1v) is 6.51. The summed E-state index contributed by atoms with van der Waals surface area (Å²) in [5.41, 5.74) is -0.407. The van der Waals surface area contributed by atoms with Crippen LogP contribution in [0.1, 0.15) is 18.9 Å². The molecule has 2 N–H and O–H groups in total. The van der Waals surface area contributed by atoms with Crippen molar-refractivity contribution in [3.63, 3.8) is 0 Å². The van der Waals surface area contributed by atoms with Gasteiger partial charge in [-0.25, -0.2) is 0 Å². The number of hydrogen-bond acceptors (Lipinski definition) is 2. The minimum Gasteiger partial charge on any atom is -0.384 e. The minimum absolute atomic E-state index is 0.141. The number of carbonyl (C=O) groups is 1. The van der Waals surface area contributed by atoms with Gasteiger partial charge >= 0.3 is 6.18 Å². The number of benzene rings is 1. The monoisotopic (exact) mass is 338 g/mol. The summed E-state index contributed by atoms with van der Waals surface area (Å²) in [6.07, 6.45) is -4.17. The average molecular weight is 339 g/mol. The predicted octanol–water partition coefficient (Wildman–Crippen LogP) is 3.41. The Morgan fingerprint density at radius 1 is 1.37 bits per heavy atom. The highest BCUT2D eigenvalue weighted by atomic mass is 79.9. The Kier molecular flexibility index (Phi) is 5.65. The first-order valence-electron chi connectivity index (χ1n) is 5.72. The van der Waals surface area contributed by atoms with Crippen LogP contribution in [-0.4, -0.2) is 19.0 Å². The second kappa shape index (κ2) is 6.79. The van der Waals surface area contributed by atoms with Crippen molar-refractivity contribution < 1.29 is 18.0 Å². The minimum atomic E-state index is -4.38. The van der Waals surface area contributed by atoms with E-state index in [0.29, 0.717) is 16.7 Å². The van der Waals surface area contributed by atoms with Crippen molar-refractivity contribution in [3.05, 3.63) is 28.2 Å². The van der Waals surface area contributed by atoms with Gasteiger partial charge in [0.1, 0.15) is 0 Å². The number of hydrogen-bond donors (Lipinski definition) is 2. The molecule has 0 fully saturated rings. The van der Waals surface area contributed by atoms with Crippen molar-refractivity contribution in [1.29, 1.82) is 0 Å². The van der Waals surface area contributed by atoms with Gasteiger partial charge in [0.2, 0.25) is 5.91 Å². The lowest BCUT2D eigenvalue weighted by molar-refractivity contribution is -0.137. The number of alkyl halides is 3. The van der Waals surface area contributed by atoms with E-state index in [9.17, 15) is 18.0 Å². The van der Waals surface area contributed by atoms with Crippen LogP contribution in [0.25, 0.3) is 0 Å². The molecule has 3 nitrogen and oxygen atoms in total. The fourth-order valence-electron chi connectivity index (χ4n) is 1.43. The molecule has 0 bridgehead atoms. The molecule has 106 valence electrons. The summed E-state index contributed by atoms with van der Waals surface area (Å²) in [4.78, 5) is 11.2. The van der Waals surface area contributed by atoms with Crippen LogP contribution in [0.4, 0.5) is 18.9 Å². The first kappa shape index (κ1) is 15.8. The van der Waals surface area contributed by atoms with E-state index in [1.165, 1.54) is 6.07 Å². The van der Waals surface area contributed by atoms with Crippen molar-refractivity contribution in [3.8, 4) is 0 Å². The Morgan fingerprint density at radius 3 is 2.63 bits per heavy atom. The highest BCUT2D eigenvalue weighted by Crippen LogP contribution is 2.33. The Hall–Kier alpha value is -1.24. The van der Waals surface area contributed by atoms with Gasteiger partial charge in [-0.2, -0.15) is 13.2 Å². The summed E-state index contributed by atoms with van der Waals surface area (Å²) >= 11 is 3.16. The molecule has 19 heavy (non-hydrogen) atoms. The average Bonchev–Trinajstić information content (AvgIpc) is 2.30. The Balaban J connectivity index is 2.65. The van der Waals surface area contributed by atoms with E-state index in [1.807, 2.05) is 0 Å². The van der Waals surface area contributed by atoms with Gasteiger partial charge in [0, 0.05) is 29.7 Å². The normalized spacial score (nSPS) is 11.2. The third-order valence-corrected chi connectivity index (χ3v) is 3.03. The maximum Gasteiger partial charge on any atom is 0.416 e. The van der Waals surface area contributed by atoms with E-state index in [0.717, 1.165) is 12.1 Å². The second-order valence-corrected chi connectivity index (χ2v) is 4.68. The van der Waals surface area contributed by atoms with Crippen LogP contribution in [0.15, 0.2) is 22.7 Å². The number of amides is 1. The first-order chi connectivity index (χ1) is 8.84. The lowest BCUT2D eigenvalue weighted by atomic mass is 10.2. The second-order valence-electron chi connectivity index (χ2n) is 3.82. The third-order valence-electron chi connectivity index (χ3n) is 2.34. The highest BCUT2D eigenvalue weighted by molar-refractivity contribution is 9.10. The topological polar surface area (TPSA) is 41.1 Å². The van der Waals surface area contributed by atoms with Crippen LogP contribution in [0.5, 0.6) is 0 Å². The van der Waals surface area contributed by atoms with E-state index in [1.54, 1.807) is 6.92 Å². The smallest absolute Gasteiger partial charge is 0.384 e. The number of carbonyl (C=O) groups excluding carboxylic acids is 1. The zero-order valence-corrected chi connectivity index (χ0v) is 11.9. The van der Waals surface area contributed by atoms with Gasteiger partial charge < -0.3 is 10.6 Å². The molecule has 0 spiro atoms. The number of rotatable bonds is 5. The molecule has 0 radical (unpaired) electrons. The zero-order valence-electron chi connectivity index (χ0n) is 10.3. The van der Waals surface area contributed by atoms with Gasteiger partial charge in [0.15, 0.2) is 0 Å². The zero-order chi connectivity index (χ0) is 14.5. The van der Waals surface area contributed by atoms with Crippen LogP contribution >= 0.6 is 15.9 Å². The van der Waals surface area contributed by atoms with Gasteiger partial charge in [-0.1, -0.05) is 0 Å². The summed E-state index contributed by atoms with van der Waals surface area (Å²) in [6, 6.07) is 3.35. The number of anilines is 1.